The number of rotatable bonds is 7. The fourth-order valence-electron chi connectivity index (χ4n) is 0.821. The van der Waals surface area contributed by atoms with Crippen molar-refractivity contribution >= 4 is 0 Å². The number of ether oxygens (including phenoxy) is 1. The van der Waals surface area contributed by atoms with E-state index in [2.05, 4.69) is 19.2 Å². The van der Waals surface area contributed by atoms with E-state index in [1.807, 2.05) is 0 Å². The predicted molar refractivity (Wildman–Crippen MR) is 50.3 cm³/mol. The highest BCUT2D eigenvalue weighted by Gasteiger charge is 2.14. The number of nitrogens with one attached hydrogen (secondary N) is 1. The molecule has 74 valence electrons. The van der Waals surface area contributed by atoms with Crippen LogP contribution in [0.25, 0.3) is 0 Å². The first-order chi connectivity index (χ1) is 5.62. The van der Waals surface area contributed by atoms with Crippen LogP contribution in [0.1, 0.15) is 26.7 Å². The SMILES string of the molecule is COC(C)(C)CCNCCCO. The van der Waals surface area contributed by atoms with E-state index in [-0.39, 0.29) is 12.2 Å². The molecule has 0 rings (SSSR count). The Kier molecular flexibility index (Phi) is 6.34. The maximum atomic E-state index is 8.51. The highest BCUT2D eigenvalue weighted by atomic mass is 16.5. The summed E-state index contributed by atoms with van der Waals surface area (Å²) in [4.78, 5) is 0. The van der Waals surface area contributed by atoms with E-state index < -0.39 is 0 Å². The van der Waals surface area contributed by atoms with Gasteiger partial charge in [-0.15, -0.1) is 0 Å². The minimum Gasteiger partial charge on any atom is -0.396 e. The lowest BCUT2D eigenvalue weighted by Crippen LogP contribution is -2.29. The van der Waals surface area contributed by atoms with Crippen molar-refractivity contribution in [1.82, 2.24) is 5.32 Å². The summed E-state index contributed by atoms with van der Waals surface area (Å²) in [5.41, 5.74) is -0.0355. The zero-order valence-corrected chi connectivity index (χ0v) is 8.39. The normalized spacial score (nSPS) is 12.0. The summed E-state index contributed by atoms with van der Waals surface area (Å²) in [6, 6.07) is 0. The van der Waals surface area contributed by atoms with Gasteiger partial charge < -0.3 is 15.2 Å². The lowest BCUT2D eigenvalue weighted by molar-refractivity contribution is 0.0159. The van der Waals surface area contributed by atoms with E-state index in [9.17, 15) is 0 Å². The van der Waals surface area contributed by atoms with Gasteiger partial charge in [0.15, 0.2) is 0 Å². The third-order valence-corrected chi connectivity index (χ3v) is 1.97. The summed E-state index contributed by atoms with van der Waals surface area (Å²) in [5, 5.41) is 11.7. The summed E-state index contributed by atoms with van der Waals surface area (Å²) >= 11 is 0. The van der Waals surface area contributed by atoms with Gasteiger partial charge in [0.1, 0.15) is 0 Å². The van der Waals surface area contributed by atoms with Crippen LogP contribution in [0.2, 0.25) is 0 Å². The minimum absolute atomic E-state index is 0.0355. The van der Waals surface area contributed by atoms with Gasteiger partial charge in [-0.25, -0.2) is 0 Å². The first-order valence-corrected chi connectivity index (χ1v) is 4.49. The summed E-state index contributed by atoms with van der Waals surface area (Å²) < 4.78 is 5.25. The summed E-state index contributed by atoms with van der Waals surface area (Å²) in [6.45, 7) is 6.24. The number of aliphatic hydroxyl groups excluding tert-OH is 1. The molecular weight excluding hydrogens is 154 g/mol. The number of methoxy groups -OCH3 is 1. The maximum Gasteiger partial charge on any atom is 0.0634 e. The molecule has 0 fully saturated rings. The molecule has 0 aromatic carbocycles. The van der Waals surface area contributed by atoms with Crippen LogP contribution in [-0.4, -0.2) is 37.5 Å². The molecule has 0 heterocycles. The Morgan fingerprint density at radius 3 is 2.50 bits per heavy atom. The topological polar surface area (TPSA) is 41.5 Å². The van der Waals surface area contributed by atoms with Crippen LogP contribution in [0, 0.1) is 0 Å². The molecule has 0 aromatic rings. The Morgan fingerprint density at radius 2 is 2.00 bits per heavy atom. The second kappa shape index (κ2) is 6.40. The van der Waals surface area contributed by atoms with Crippen molar-refractivity contribution in [3.63, 3.8) is 0 Å². The molecule has 0 amide bonds. The van der Waals surface area contributed by atoms with Gasteiger partial charge in [-0.2, -0.15) is 0 Å². The zero-order chi connectivity index (χ0) is 9.45. The van der Waals surface area contributed by atoms with Crippen molar-refractivity contribution in [2.45, 2.75) is 32.3 Å². The number of aliphatic hydroxyl groups is 1. The van der Waals surface area contributed by atoms with Gasteiger partial charge in [-0.3, -0.25) is 0 Å². The van der Waals surface area contributed by atoms with E-state index >= 15 is 0 Å². The standard InChI is InChI=1S/C9H21NO2/c1-9(2,12-3)5-7-10-6-4-8-11/h10-11H,4-8H2,1-3H3. The van der Waals surface area contributed by atoms with Gasteiger partial charge in [0.2, 0.25) is 0 Å². The van der Waals surface area contributed by atoms with E-state index in [1.165, 1.54) is 0 Å². The monoisotopic (exact) mass is 175 g/mol. The average Bonchev–Trinajstić information content (AvgIpc) is 2.04. The van der Waals surface area contributed by atoms with E-state index in [1.54, 1.807) is 7.11 Å². The van der Waals surface area contributed by atoms with E-state index in [4.69, 9.17) is 9.84 Å². The molecule has 0 aliphatic heterocycles. The fraction of sp³-hybridized carbons (Fsp3) is 1.00. The predicted octanol–water partition coefficient (Wildman–Crippen LogP) is 0.774. The zero-order valence-electron chi connectivity index (χ0n) is 8.39. The maximum absolute atomic E-state index is 8.51. The van der Waals surface area contributed by atoms with Crippen LogP contribution in [0.3, 0.4) is 0 Å². The molecule has 0 saturated heterocycles. The number of hydrogen-bond donors (Lipinski definition) is 2. The molecular formula is C9H21NO2. The largest absolute Gasteiger partial charge is 0.396 e. The molecule has 0 spiro atoms. The molecule has 3 nitrogen and oxygen atoms in total. The second-order valence-corrected chi connectivity index (χ2v) is 3.54. The molecule has 0 aromatic heterocycles. The molecule has 0 atom stereocenters. The smallest absolute Gasteiger partial charge is 0.0634 e. The van der Waals surface area contributed by atoms with Crippen LogP contribution in [0.4, 0.5) is 0 Å². The van der Waals surface area contributed by atoms with Gasteiger partial charge >= 0.3 is 0 Å². The molecule has 0 aliphatic carbocycles. The lowest BCUT2D eigenvalue weighted by Gasteiger charge is -2.22. The lowest BCUT2D eigenvalue weighted by atomic mass is 10.1. The molecule has 0 unspecified atom stereocenters. The van der Waals surface area contributed by atoms with Crippen molar-refractivity contribution in [3.05, 3.63) is 0 Å². The Morgan fingerprint density at radius 1 is 1.33 bits per heavy atom. The van der Waals surface area contributed by atoms with Crippen molar-refractivity contribution < 1.29 is 9.84 Å². The Labute approximate surface area is 75.1 Å². The third kappa shape index (κ3) is 6.58. The van der Waals surface area contributed by atoms with Crippen molar-refractivity contribution in [2.75, 3.05) is 26.8 Å². The summed E-state index contributed by atoms with van der Waals surface area (Å²) in [6.07, 6.45) is 1.82. The highest BCUT2D eigenvalue weighted by Crippen LogP contribution is 2.10. The molecule has 12 heavy (non-hydrogen) atoms. The van der Waals surface area contributed by atoms with Crippen LogP contribution in [-0.2, 0) is 4.74 Å². The minimum atomic E-state index is -0.0355. The van der Waals surface area contributed by atoms with Crippen LogP contribution < -0.4 is 5.32 Å². The average molecular weight is 175 g/mol. The van der Waals surface area contributed by atoms with Gasteiger partial charge in [-0.1, -0.05) is 0 Å². The summed E-state index contributed by atoms with van der Waals surface area (Å²) in [5.74, 6) is 0. The van der Waals surface area contributed by atoms with Crippen LogP contribution in [0.15, 0.2) is 0 Å². The molecule has 0 aliphatic rings. The summed E-state index contributed by atoms with van der Waals surface area (Å²) in [7, 11) is 1.73. The Balaban J connectivity index is 3.19. The Bertz CT molecular complexity index is 105. The van der Waals surface area contributed by atoms with Crippen molar-refractivity contribution in [1.29, 1.82) is 0 Å². The van der Waals surface area contributed by atoms with Gasteiger partial charge in [-0.05, 0) is 39.8 Å². The van der Waals surface area contributed by atoms with Crippen LogP contribution in [0.5, 0.6) is 0 Å². The molecule has 0 radical (unpaired) electrons. The quantitative estimate of drug-likeness (QED) is 0.562. The van der Waals surface area contributed by atoms with Gasteiger partial charge in [0.25, 0.3) is 0 Å². The molecule has 2 N–H and O–H groups in total. The second-order valence-electron chi connectivity index (χ2n) is 3.54. The molecule has 3 heteroatoms. The fourth-order valence-corrected chi connectivity index (χ4v) is 0.821. The van der Waals surface area contributed by atoms with Gasteiger partial charge in [0, 0.05) is 13.7 Å². The Hall–Kier alpha value is -0.120. The first kappa shape index (κ1) is 11.9. The van der Waals surface area contributed by atoms with E-state index in [0.717, 1.165) is 25.9 Å². The van der Waals surface area contributed by atoms with E-state index in [0.29, 0.717) is 0 Å². The van der Waals surface area contributed by atoms with Crippen LogP contribution >= 0.6 is 0 Å². The molecule has 0 saturated carbocycles. The van der Waals surface area contributed by atoms with Crippen molar-refractivity contribution in [3.8, 4) is 0 Å². The third-order valence-electron chi connectivity index (χ3n) is 1.97. The first-order valence-electron chi connectivity index (χ1n) is 4.49. The van der Waals surface area contributed by atoms with Crippen molar-refractivity contribution in [2.24, 2.45) is 0 Å². The number of hydrogen-bond acceptors (Lipinski definition) is 3. The molecule has 0 bridgehead atoms. The highest BCUT2D eigenvalue weighted by molar-refractivity contribution is 4.68. The van der Waals surface area contributed by atoms with Gasteiger partial charge in [0.05, 0.1) is 5.60 Å².